The van der Waals surface area contributed by atoms with Crippen LogP contribution in [-0.2, 0) is 4.79 Å². The number of likely N-dealkylation sites (tertiary alicyclic amines) is 1. The molecule has 0 aliphatic carbocycles. The maximum atomic E-state index is 12.3. The first-order chi connectivity index (χ1) is 13.3. The maximum absolute atomic E-state index is 12.3. The van der Waals surface area contributed by atoms with E-state index in [0.717, 1.165) is 24.4 Å². The van der Waals surface area contributed by atoms with Crippen LogP contribution in [-0.4, -0.2) is 37.0 Å². The number of carbonyl (C=O) groups is 1. The standard InChI is InChI=1S/C23H28N2O2/c1-2-27-21-13-10-19(11-14-21)12-15-23(26)24-18-22(25-16-6-7-17-25)20-8-4-3-5-9-20/h3-5,8-15,22H,2,6-7,16-18H2,1H3,(H,24,26)/b15-12+. The lowest BCUT2D eigenvalue weighted by Crippen LogP contribution is -2.36. The van der Waals surface area contributed by atoms with E-state index in [2.05, 4.69) is 34.5 Å². The molecular formula is C23H28N2O2. The van der Waals surface area contributed by atoms with Crippen molar-refractivity contribution in [2.45, 2.75) is 25.8 Å². The van der Waals surface area contributed by atoms with Crippen LogP contribution in [0.3, 0.4) is 0 Å². The highest BCUT2D eigenvalue weighted by molar-refractivity contribution is 5.91. The number of nitrogens with one attached hydrogen (secondary N) is 1. The summed E-state index contributed by atoms with van der Waals surface area (Å²) in [7, 11) is 0. The smallest absolute Gasteiger partial charge is 0.244 e. The van der Waals surface area contributed by atoms with Crippen molar-refractivity contribution in [3.05, 3.63) is 71.8 Å². The molecule has 1 unspecified atom stereocenters. The predicted molar refractivity (Wildman–Crippen MR) is 110 cm³/mol. The average Bonchev–Trinajstić information content (AvgIpc) is 3.23. The van der Waals surface area contributed by atoms with Gasteiger partial charge in [0.15, 0.2) is 0 Å². The van der Waals surface area contributed by atoms with Crippen LogP contribution in [0, 0.1) is 0 Å². The second-order valence-corrected chi connectivity index (χ2v) is 6.75. The minimum Gasteiger partial charge on any atom is -0.494 e. The van der Waals surface area contributed by atoms with Crippen LogP contribution < -0.4 is 10.1 Å². The summed E-state index contributed by atoms with van der Waals surface area (Å²) in [5.74, 6) is 0.777. The van der Waals surface area contributed by atoms with Gasteiger partial charge in [0, 0.05) is 12.6 Å². The fraction of sp³-hybridized carbons (Fsp3) is 0.348. The van der Waals surface area contributed by atoms with Crippen LogP contribution in [0.1, 0.15) is 36.9 Å². The summed E-state index contributed by atoms with van der Waals surface area (Å²) >= 11 is 0. The summed E-state index contributed by atoms with van der Waals surface area (Å²) < 4.78 is 5.43. The molecule has 1 aliphatic heterocycles. The summed E-state index contributed by atoms with van der Waals surface area (Å²) in [6.07, 6.45) is 5.89. The van der Waals surface area contributed by atoms with Gasteiger partial charge in [0.2, 0.25) is 5.91 Å². The minimum absolute atomic E-state index is 0.0657. The van der Waals surface area contributed by atoms with Crippen LogP contribution >= 0.6 is 0 Å². The molecular weight excluding hydrogens is 336 g/mol. The van der Waals surface area contributed by atoms with Gasteiger partial charge in [0.1, 0.15) is 5.75 Å². The normalized spacial score (nSPS) is 15.7. The Morgan fingerprint density at radius 2 is 1.81 bits per heavy atom. The second-order valence-electron chi connectivity index (χ2n) is 6.75. The van der Waals surface area contributed by atoms with Gasteiger partial charge in [-0.1, -0.05) is 42.5 Å². The largest absolute Gasteiger partial charge is 0.494 e. The van der Waals surface area contributed by atoms with E-state index in [0.29, 0.717) is 13.2 Å². The zero-order valence-corrected chi connectivity index (χ0v) is 15.9. The van der Waals surface area contributed by atoms with E-state index < -0.39 is 0 Å². The van der Waals surface area contributed by atoms with Gasteiger partial charge in [0.05, 0.1) is 12.6 Å². The first-order valence-corrected chi connectivity index (χ1v) is 9.74. The first-order valence-electron chi connectivity index (χ1n) is 9.74. The Bertz CT molecular complexity index is 735. The van der Waals surface area contributed by atoms with Crippen molar-refractivity contribution in [1.82, 2.24) is 10.2 Å². The topological polar surface area (TPSA) is 41.6 Å². The van der Waals surface area contributed by atoms with Crippen LogP contribution in [0.2, 0.25) is 0 Å². The van der Waals surface area contributed by atoms with Crippen LogP contribution in [0.5, 0.6) is 5.75 Å². The maximum Gasteiger partial charge on any atom is 0.244 e. The van der Waals surface area contributed by atoms with Crippen LogP contribution in [0.4, 0.5) is 0 Å². The molecule has 4 nitrogen and oxygen atoms in total. The van der Waals surface area contributed by atoms with E-state index in [9.17, 15) is 4.79 Å². The number of benzene rings is 2. The molecule has 2 aromatic carbocycles. The van der Waals surface area contributed by atoms with Crippen molar-refractivity contribution in [3.63, 3.8) is 0 Å². The molecule has 1 saturated heterocycles. The van der Waals surface area contributed by atoms with Crippen LogP contribution in [0.25, 0.3) is 6.08 Å². The average molecular weight is 364 g/mol. The van der Waals surface area contributed by atoms with Gasteiger partial charge in [-0.15, -0.1) is 0 Å². The lowest BCUT2D eigenvalue weighted by Gasteiger charge is -2.28. The Kier molecular flexibility index (Phi) is 7.05. The summed E-state index contributed by atoms with van der Waals surface area (Å²) in [5.41, 5.74) is 2.24. The molecule has 1 heterocycles. The quantitative estimate of drug-likeness (QED) is 0.719. The molecule has 0 bridgehead atoms. The lowest BCUT2D eigenvalue weighted by molar-refractivity contribution is -0.116. The van der Waals surface area contributed by atoms with Gasteiger partial charge < -0.3 is 10.1 Å². The predicted octanol–water partition coefficient (Wildman–Crippen LogP) is 4.05. The molecule has 3 rings (SSSR count). The summed E-state index contributed by atoms with van der Waals surface area (Å²) in [6.45, 7) is 5.42. The third-order valence-corrected chi connectivity index (χ3v) is 4.85. The fourth-order valence-corrected chi connectivity index (χ4v) is 3.46. The molecule has 0 saturated carbocycles. The highest BCUT2D eigenvalue weighted by atomic mass is 16.5. The van der Waals surface area contributed by atoms with Crippen molar-refractivity contribution in [2.24, 2.45) is 0 Å². The molecule has 1 fully saturated rings. The van der Waals surface area contributed by atoms with Crippen molar-refractivity contribution in [1.29, 1.82) is 0 Å². The number of rotatable bonds is 8. The van der Waals surface area contributed by atoms with E-state index in [1.54, 1.807) is 6.08 Å². The molecule has 1 N–H and O–H groups in total. The van der Waals surface area contributed by atoms with Crippen LogP contribution in [0.15, 0.2) is 60.7 Å². The van der Waals surface area contributed by atoms with Crippen molar-refractivity contribution in [3.8, 4) is 5.75 Å². The third-order valence-electron chi connectivity index (χ3n) is 4.85. The molecule has 2 aromatic rings. The molecule has 27 heavy (non-hydrogen) atoms. The number of hydrogen-bond acceptors (Lipinski definition) is 3. The van der Waals surface area contributed by atoms with Gasteiger partial charge in [-0.05, 0) is 62.2 Å². The van der Waals surface area contributed by atoms with Gasteiger partial charge in [-0.25, -0.2) is 0 Å². The molecule has 1 atom stereocenters. The zero-order chi connectivity index (χ0) is 18.9. The van der Waals surface area contributed by atoms with E-state index >= 15 is 0 Å². The second kappa shape index (κ2) is 9.93. The van der Waals surface area contributed by atoms with Crippen molar-refractivity contribution >= 4 is 12.0 Å². The van der Waals surface area contributed by atoms with Gasteiger partial charge in [-0.2, -0.15) is 0 Å². The third kappa shape index (κ3) is 5.69. The number of nitrogens with zero attached hydrogens (tertiary/aromatic N) is 1. The molecule has 1 aliphatic rings. The summed E-state index contributed by atoms with van der Waals surface area (Å²) in [6, 6.07) is 18.4. The lowest BCUT2D eigenvalue weighted by atomic mass is 10.1. The van der Waals surface area contributed by atoms with Crippen molar-refractivity contribution < 1.29 is 9.53 Å². The monoisotopic (exact) mass is 364 g/mol. The molecule has 1 amide bonds. The van der Waals surface area contributed by atoms with E-state index in [4.69, 9.17) is 4.74 Å². The highest BCUT2D eigenvalue weighted by Crippen LogP contribution is 2.24. The highest BCUT2D eigenvalue weighted by Gasteiger charge is 2.23. The number of hydrogen-bond donors (Lipinski definition) is 1. The Morgan fingerprint density at radius 1 is 1.11 bits per heavy atom. The molecule has 0 aromatic heterocycles. The molecule has 142 valence electrons. The molecule has 4 heteroatoms. The van der Waals surface area contributed by atoms with Gasteiger partial charge in [-0.3, -0.25) is 9.69 Å². The van der Waals surface area contributed by atoms with Gasteiger partial charge in [0.25, 0.3) is 0 Å². The molecule has 0 radical (unpaired) electrons. The van der Waals surface area contributed by atoms with E-state index in [1.807, 2.05) is 43.3 Å². The Labute approximate surface area is 161 Å². The van der Waals surface area contributed by atoms with Gasteiger partial charge >= 0.3 is 0 Å². The Morgan fingerprint density at radius 3 is 2.48 bits per heavy atom. The fourth-order valence-electron chi connectivity index (χ4n) is 3.46. The summed E-state index contributed by atoms with van der Waals surface area (Å²) in [4.78, 5) is 14.8. The number of ether oxygens (including phenoxy) is 1. The minimum atomic E-state index is -0.0657. The zero-order valence-electron chi connectivity index (χ0n) is 15.9. The Balaban J connectivity index is 1.57. The Hall–Kier alpha value is -2.59. The van der Waals surface area contributed by atoms with Crippen molar-refractivity contribution in [2.75, 3.05) is 26.2 Å². The van der Waals surface area contributed by atoms with E-state index in [-0.39, 0.29) is 11.9 Å². The first kappa shape index (κ1) is 19.2. The number of carbonyl (C=O) groups excluding carboxylic acids is 1. The number of amides is 1. The molecule has 0 spiro atoms. The summed E-state index contributed by atoms with van der Waals surface area (Å²) in [5, 5.41) is 3.07. The SMILES string of the molecule is CCOc1ccc(/C=C/C(=O)NCC(c2ccccc2)N2CCCC2)cc1. The van der Waals surface area contributed by atoms with E-state index in [1.165, 1.54) is 18.4 Å².